The summed E-state index contributed by atoms with van der Waals surface area (Å²) in [6.45, 7) is 0. The van der Waals surface area contributed by atoms with Gasteiger partial charge in [-0.3, -0.25) is 0 Å². The summed E-state index contributed by atoms with van der Waals surface area (Å²) in [5.41, 5.74) is 0. The first-order chi connectivity index (χ1) is 34.2. The molecule has 13 rings (SSSR count). The van der Waals surface area contributed by atoms with Gasteiger partial charge in [0.2, 0.25) is 0 Å². The minimum absolute atomic E-state index is 0.902. The monoisotopic (exact) mass is 957 g/mol. The summed E-state index contributed by atoms with van der Waals surface area (Å²) in [5.74, 6) is 22.9. The molecule has 1 aromatic heterocycles. The van der Waals surface area contributed by atoms with Gasteiger partial charge in [0.1, 0.15) is 0 Å². The van der Waals surface area contributed by atoms with Crippen molar-refractivity contribution in [1.82, 2.24) is 0 Å². The molecule has 0 amide bonds. The molecule has 12 unspecified atom stereocenters. The fourth-order valence-corrected chi connectivity index (χ4v) is 25.7. The Bertz CT molecular complexity index is 1520. The van der Waals surface area contributed by atoms with Crippen molar-refractivity contribution in [1.29, 1.82) is 0 Å². The second-order valence-corrected chi connectivity index (χ2v) is 30.6. The van der Waals surface area contributed by atoms with Crippen LogP contribution in [0.4, 0.5) is 0 Å². The molecular formula is C68H108S. The Morgan fingerprint density at radius 3 is 0.696 bits per heavy atom. The van der Waals surface area contributed by atoms with Crippen molar-refractivity contribution < 1.29 is 0 Å². The van der Waals surface area contributed by atoms with Crippen LogP contribution in [0.3, 0.4) is 0 Å². The lowest BCUT2D eigenvalue weighted by atomic mass is 9.46. The maximum absolute atomic E-state index is 2.90. The third-order valence-corrected chi connectivity index (χ3v) is 27.9. The summed E-state index contributed by atoms with van der Waals surface area (Å²) in [6.07, 6.45) is 66.4. The molecule has 12 fully saturated rings. The van der Waals surface area contributed by atoms with E-state index >= 15 is 0 Å². The van der Waals surface area contributed by atoms with Gasteiger partial charge in [-0.1, -0.05) is 180 Å². The minimum Gasteiger partial charge on any atom is -0.145 e. The second-order valence-electron chi connectivity index (χ2n) is 29.5. The molecule has 1 heterocycles. The maximum Gasteiger partial charge on any atom is 0.00849 e. The van der Waals surface area contributed by atoms with Crippen molar-refractivity contribution in [3.05, 3.63) is 21.9 Å². The number of hydrogen-bond acceptors (Lipinski definition) is 1. The molecule has 12 atom stereocenters. The van der Waals surface area contributed by atoms with Gasteiger partial charge in [0.25, 0.3) is 0 Å². The Labute approximate surface area is 430 Å². The van der Waals surface area contributed by atoms with Crippen LogP contribution in [0, 0.1) is 118 Å². The average molecular weight is 958 g/mol. The highest BCUT2D eigenvalue weighted by Gasteiger charge is 2.58. The SMILES string of the molecule is c1cc(C2C3CCCCC3C(C3CC(C4CCCCC4)CC(C4CCCCC4)C3)C3CCCCC32)sc1C1C2CCCCC2C(C2CC(C3CCCCC3)CC(C3CCCCC3)C2)C2CCCCC21. The Morgan fingerprint density at radius 1 is 0.217 bits per heavy atom. The van der Waals surface area contributed by atoms with Crippen molar-refractivity contribution in [2.75, 3.05) is 0 Å². The summed E-state index contributed by atoms with van der Waals surface area (Å²) in [6, 6.07) is 5.79. The van der Waals surface area contributed by atoms with E-state index in [2.05, 4.69) is 23.5 Å². The highest BCUT2D eigenvalue weighted by Crippen LogP contribution is 2.67. The molecule has 69 heavy (non-hydrogen) atoms. The van der Waals surface area contributed by atoms with Crippen LogP contribution in [0.15, 0.2) is 12.1 Å². The smallest absolute Gasteiger partial charge is 0.00849 e. The van der Waals surface area contributed by atoms with E-state index in [0.717, 1.165) is 130 Å². The van der Waals surface area contributed by atoms with E-state index in [4.69, 9.17) is 0 Å². The van der Waals surface area contributed by atoms with E-state index in [-0.39, 0.29) is 0 Å². The van der Waals surface area contributed by atoms with Gasteiger partial charge in [-0.2, -0.15) is 0 Å². The minimum atomic E-state index is 0.902. The summed E-state index contributed by atoms with van der Waals surface area (Å²) >= 11 is 2.52. The standard InChI is InChI=1S/C68H108S/c1-5-21-45(22-6-1)49-39-50(46-23-7-2-8-24-46)42-53(41-49)65-55-29-13-17-33-59(55)67(60-34-18-14-30-56(60)65)63-37-38-64(69-63)68-61-35-19-15-31-57(61)66(58-32-16-20-36-62(58)68)54-43-51(47-25-9-3-10-26-47)40-52(44-54)48-27-11-4-12-28-48/h37-38,45-62,65-68H,1-36,39-44H2. The Morgan fingerprint density at radius 2 is 0.435 bits per heavy atom. The largest absolute Gasteiger partial charge is 0.145 e. The van der Waals surface area contributed by atoms with E-state index < -0.39 is 0 Å². The summed E-state index contributed by atoms with van der Waals surface area (Å²) in [4.78, 5) is 3.92. The molecule has 0 N–H and O–H groups in total. The average Bonchev–Trinajstić information content (AvgIpc) is 3.91. The first-order valence-electron chi connectivity index (χ1n) is 33.3. The van der Waals surface area contributed by atoms with Crippen LogP contribution >= 0.6 is 11.3 Å². The van der Waals surface area contributed by atoms with Crippen molar-refractivity contribution in [3.63, 3.8) is 0 Å². The third-order valence-electron chi connectivity index (χ3n) is 26.6. The van der Waals surface area contributed by atoms with Crippen molar-refractivity contribution in [3.8, 4) is 0 Å². The van der Waals surface area contributed by atoms with E-state index in [1.54, 1.807) is 244 Å². The molecule has 386 valence electrons. The quantitative estimate of drug-likeness (QED) is 0.244. The third kappa shape index (κ3) is 9.80. The fraction of sp³-hybridized carbons (Fsp3) is 0.941. The van der Waals surface area contributed by atoms with E-state index in [1.165, 1.54) is 25.7 Å². The fourth-order valence-electron chi connectivity index (χ4n) is 24.2. The zero-order valence-electron chi connectivity index (χ0n) is 45.0. The molecule has 0 bridgehead atoms. The van der Waals surface area contributed by atoms with Crippen LogP contribution in [0.2, 0.25) is 0 Å². The predicted molar refractivity (Wildman–Crippen MR) is 294 cm³/mol. The van der Waals surface area contributed by atoms with Crippen LogP contribution in [0.5, 0.6) is 0 Å². The van der Waals surface area contributed by atoms with Gasteiger partial charge >= 0.3 is 0 Å². The maximum atomic E-state index is 2.90. The lowest BCUT2D eigenvalue weighted by molar-refractivity contribution is -0.0810. The molecule has 0 radical (unpaired) electrons. The molecule has 12 aliphatic rings. The first kappa shape index (κ1) is 48.3. The van der Waals surface area contributed by atoms with E-state index in [0.29, 0.717) is 0 Å². The zero-order chi connectivity index (χ0) is 45.7. The summed E-state index contributed by atoms with van der Waals surface area (Å²) in [7, 11) is 0. The predicted octanol–water partition coefficient (Wildman–Crippen LogP) is 20.8. The lowest BCUT2D eigenvalue weighted by Gasteiger charge is -2.59. The lowest BCUT2D eigenvalue weighted by Crippen LogP contribution is -2.51. The molecule has 0 nitrogen and oxygen atoms in total. The molecule has 1 heteroatoms. The molecule has 0 aliphatic heterocycles. The Kier molecular flexibility index (Phi) is 15.5. The van der Waals surface area contributed by atoms with E-state index in [9.17, 15) is 0 Å². The van der Waals surface area contributed by atoms with Crippen molar-refractivity contribution >= 4 is 11.3 Å². The van der Waals surface area contributed by atoms with Gasteiger partial charge in [0, 0.05) is 9.75 Å². The van der Waals surface area contributed by atoms with Gasteiger partial charge in [-0.05, 0) is 232 Å². The molecule has 1 aromatic rings. The zero-order valence-corrected chi connectivity index (χ0v) is 45.8. The van der Waals surface area contributed by atoms with Crippen LogP contribution in [-0.4, -0.2) is 0 Å². The number of fused-ring (bicyclic) bond motifs is 4. The molecule has 12 aliphatic carbocycles. The number of thiophene rings is 1. The second kappa shape index (κ2) is 22.1. The van der Waals surface area contributed by atoms with Crippen LogP contribution in [0.1, 0.15) is 291 Å². The Hall–Kier alpha value is -0.300. The molecule has 0 saturated heterocycles. The highest BCUT2D eigenvalue weighted by atomic mass is 32.1. The topological polar surface area (TPSA) is 0 Å². The summed E-state index contributed by atoms with van der Waals surface area (Å²) < 4.78 is 0. The first-order valence-corrected chi connectivity index (χ1v) is 34.1. The molecule has 0 spiro atoms. The number of hydrogen-bond donors (Lipinski definition) is 0. The molecular weight excluding hydrogens is 849 g/mol. The van der Waals surface area contributed by atoms with Crippen molar-refractivity contribution in [2.45, 2.75) is 282 Å². The van der Waals surface area contributed by atoms with Crippen molar-refractivity contribution in [2.24, 2.45) is 118 Å². The van der Waals surface area contributed by atoms with Gasteiger partial charge < -0.3 is 0 Å². The van der Waals surface area contributed by atoms with Crippen LogP contribution in [0.25, 0.3) is 0 Å². The number of rotatable bonds is 8. The van der Waals surface area contributed by atoms with Gasteiger partial charge in [0.15, 0.2) is 0 Å². The van der Waals surface area contributed by atoms with Gasteiger partial charge in [-0.15, -0.1) is 11.3 Å². The van der Waals surface area contributed by atoms with E-state index in [1.807, 2.05) is 9.75 Å². The summed E-state index contributed by atoms with van der Waals surface area (Å²) in [5, 5.41) is 0. The highest BCUT2D eigenvalue weighted by molar-refractivity contribution is 7.12. The van der Waals surface area contributed by atoms with Crippen LogP contribution in [-0.2, 0) is 0 Å². The van der Waals surface area contributed by atoms with Gasteiger partial charge in [-0.25, -0.2) is 0 Å². The van der Waals surface area contributed by atoms with Gasteiger partial charge in [0.05, 0.1) is 0 Å². The Balaban J connectivity index is 0.793. The molecule has 0 aromatic carbocycles. The van der Waals surface area contributed by atoms with Crippen LogP contribution < -0.4 is 0 Å². The normalized spacial score (nSPS) is 46.8. The molecule has 12 saturated carbocycles.